The number of carbonyl (C=O) groups is 1. The van der Waals surface area contributed by atoms with Crippen LogP contribution in [-0.2, 0) is 11.3 Å². The topological polar surface area (TPSA) is 58.1 Å². The normalized spacial score (nSPS) is 17.8. The number of hydrogen-bond donors (Lipinski definition) is 1. The van der Waals surface area contributed by atoms with E-state index in [1.807, 2.05) is 49.4 Å². The molecule has 0 saturated carbocycles. The summed E-state index contributed by atoms with van der Waals surface area (Å²) in [6, 6.07) is 13.9. The Balaban J connectivity index is 1.57. The maximum absolute atomic E-state index is 12.4. The van der Waals surface area contributed by atoms with Crippen LogP contribution in [0.1, 0.15) is 24.1 Å². The number of carbonyl (C=O) groups excluding carboxylic acids is 1. The molecule has 120 valence electrons. The third kappa shape index (κ3) is 4.06. The maximum Gasteiger partial charge on any atom is 0.225 e. The zero-order chi connectivity index (χ0) is 16.1. The largest absolute Gasteiger partial charge is 0.354 e. The van der Waals surface area contributed by atoms with E-state index in [1.165, 1.54) is 0 Å². The van der Waals surface area contributed by atoms with Gasteiger partial charge in [-0.25, -0.2) is 0 Å². The third-order valence-electron chi connectivity index (χ3n) is 4.21. The molecule has 0 aliphatic carbocycles. The zero-order valence-electron chi connectivity index (χ0n) is 13.4. The van der Waals surface area contributed by atoms with Crippen LogP contribution in [0.25, 0.3) is 0 Å². The minimum absolute atomic E-state index is 0.00978. The second-order valence-electron chi connectivity index (χ2n) is 6.02. The molecule has 1 amide bonds. The number of amides is 1. The molecule has 2 aromatic rings. The Kier molecular flexibility index (Phi) is 4.86. The summed E-state index contributed by atoms with van der Waals surface area (Å²) in [5.74, 6) is 0.991. The van der Waals surface area contributed by atoms with Crippen molar-refractivity contribution < 1.29 is 4.79 Å². The van der Waals surface area contributed by atoms with Crippen molar-refractivity contribution in [2.24, 2.45) is 5.92 Å². The summed E-state index contributed by atoms with van der Waals surface area (Å²) in [5.41, 5.74) is 2.03. The van der Waals surface area contributed by atoms with Gasteiger partial charge in [-0.2, -0.15) is 5.10 Å². The Bertz CT molecular complexity index is 642. The number of anilines is 1. The van der Waals surface area contributed by atoms with Gasteiger partial charge < -0.3 is 10.2 Å². The number of hydrogen-bond acceptors (Lipinski definition) is 4. The second kappa shape index (κ2) is 7.22. The van der Waals surface area contributed by atoms with Crippen LogP contribution in [-0.4, -0.2) is 29.2 Å². The van der Waals surface area contributed by atoms with Crippen LogP contribution in [0.4, 0.5) is 5.82 Å². The van der Waals surface area contributed by atoms with Gasteiger partial charge in [-0.3, -0.25) is 4.79 Å². The summed E-state index contributed by atoms with van der Waals surface area (Å²) in [7, 11) is 0. The van der Waals surface area contributed by atoms with E-state index in [1.54, 1.807) is 0 Å². The number of rotatable bonds is 4. The van der Waals surface area contributed by atoms with Crippen molar-refractivity contribution in [3.05, 3.63) is 53.7 Å². The minimum atomic E-state index is 0.00978. The standard InChI is InChI=1S/C18H22N4O/c1-14-9-10-17(21-20-14)22-11-5-8-16(13-22)18(23)19-12-15-6-3-2-4-7-15/h2-4,6-7,9-10,16H,5,8,11-13H2,1H3,(H,19,23). The van der Waals surface area contributed by atoms with Crippen molar-refractivity contribution in [3.63, 3.8) is 0 Å². The van der Waals surface area contributed by atoms with Gasteiger partial charge in [-0.15, -0.1) is 5.10 Å². The lowest BCUT2D eigenvalue weighted by atomic mass is 9.97. The van der Waals surface area contributed by atoms with Crippen molar-refractivity contribution >= 4 is 11.7 Å². The first-order chi connectivity index (χ1) is 11.2. The van der Waals surface area contributed by atoms with Crippen LogP contribution in [0.3, 0.4) is 0 Å². The molecule has 0 radical (unpaired) electrons. The van der Waals surface area contributed by atoms with Crippen LogP contribution >= 0.6 is 0 Å². The van der Waals surface area contributed by atoms with E-state index >= 15 is 0 Å². The van der Waals surface area contributed by atoms with Crippen molar-refractivity contribution in [2.75, 3.05) is 18.0 Å². The molecule has 1 unspecified atom stereocenters. The molecule has 0 spiro atoms. The van der Waals surface area contributed by atoms with Crippen LogP contribution < -0.4 is 10.2 Å². The molecule has 1 aromatic heterocycles. The average molecular weight is 310 g/mol. The van der Waals surface area contributed by atoms with E-state index in [4.69, 9.17) is 0 Å². The highest BCUT2D eigenvalue weighted by molar-refractivity contribution is 5.79. The summed E-state index contributed by atoms with van der Waals surface area (Å²) < 4.78 is 0. The molecule has 1 fully saturated rings. The first-order valence-electron chi connectivity index (χ1n) is 8.09. The van der Waals surface area contributed by atoms with Gasteiger partial charge in [0.15, 0.2) is 5.82 Å². The van der Waals surface area contributed by atoms with Gasteiger partial charge in [-0.1, -0.05) is 30.3 Å². The SMILES string of the molecule is Cc1ccc(N2CCCC(C(=O)NCc3ccccc3)C2)nn1. The van der Waals surface area contributed by atoms with Crippen LogP contribution in [0.15, 0.2) is 42.5 Å². The number of nitrogens with one attached hydrogen (secondary N) is 1. The number of aromatic nitrogens is 2. The lowest BCUT2D eigenvalue weighted by molar-refractivity contribution is -0.125. The molecule has 0 bridgehead atoms. The number of nitrogens with zero attached hydrogens (tertiary/aromatic N) is 3. The monoisotopic (exact) mass is 310 g/mol. The minimum Gasteiger partial charge on any atom is -0.354 e. The van der Waals surface area contributed by atoms with E-state index in [9.17, 15) is 4.79 Å². The highest BCUT2D eigenvalue weighted by Gasteiger charge is 2.26. The molecule has 1 aromatic carbocycles. The zero-order valence-corrected chi connectivity index (χ0v) is 13.4. The van der Waals surface area contributed by atoms with Crippen LogP contribution in [0.2, 0.25) is 0 Å². The molecular formula is C18H22N4O. The molecule has 23 heavy (non-hydrogen) atoms. The Morgan fingerprint density at radius 1 is 1.22 bits per heavy atom. The smallest absolute Gasteiger partial charge is 0.225 e. The number of piperidine rings is 1. The predicted molar refractivity (Wildman–Crippen MR) is 90.0 cm³/mol. The Hall–Kier alpha value is -2.43. The molecule has 1 N–H and O–H groups in total. The fraction of sp³-hybridized carbons (Fsp3) is 0.389. The Labute approximate surface area is 136 Å². The third-order valence-corrected chi connectivity index (χ3v) is 4.21. The molecule has 1 aliphatic heterocycles. The molecule has 5 nitrogen and oxygen atoms in total. The first-order valence-corrected chi connectivity index (χ1v) is 8.09. The van der Waals surface area contributed by atoms with E-state index in [0.717, 1.165) is 36.5 Å². The average Bonchev–Trinajstić information content (AvgIpc) is 2.61. The number of benzene rings is 1. The predicted octanol–water partition coefficient (Wildman–Crippen LogP) is 2.32. The van der Waals surface area contributed by atoms with Gasteiger partial charge in [0.05, 0.1) is 11.6 Å². The lowest BCUT2D eigenvalue weighted by Crippen LogP contribution is -2.43. The van der Waals surface area contributed by atoms with Gasteiger partial charge in [0.25, 0.3) is 0 Å². The second-order valence-corrected chi connectivity index (χ2v) is 6.02. The summed E-state index contributed by atoms with van der Waals surface area (Å²) in [6.45, 7) is 4.14. The molecule has 3 rings (SSSR count). The van der Waals surface area contributed by atoms with Crippen molar-refractivity contribution in [1.29, 1.82) is 0 Å². The van der Waals surface area contributed by atoms with Crippen molar-refractivity contribution in [2.45, 2.75) is 26.3 Å². The molecular weight excluding hydrogens is 288 g/mol. The lowest BCUT2D eigenvalue weighted by Gasteiger charge is -2.32. The number of aryl methyl sites for hydroxylation is 1. The fourth-order valence-corrected chi connectivity index (χ4v) is 2.89. The van der Waals surface area contributed by atoms with Gasteiger partial charge in [0.2, 0.25) is 5.91 Å². The molecule has 1 atom stereocenters. The van der Waals surface area contributed by atoms with Crippen molar-refractivity contribution in [1.82, 2.24) is 15.5 Å². The maximum atomic E-state index is 12.4. The Morgan fingerprint density at radius 3 is 2.78 bits per heavy atom. The highest BCUT2D eigenvalue weighted by Crippen LogP contribution is 2.21. The molecule has 1 saturated heterocycles. The van der Waals surface area contributed by atoms with E-state index in [-0.39, 0.29) is 11.8 Å². The summed E-state index contributed by atoms with van der Waals surface area (Å²) in [6.07, 6.45) is 1.93. The van der Waals surface area contributed by atoms with Gasteiger partial charge in [0.1, 0.15) is 0 Å². The Morgan fingerprint density at radius 2 is 2.04 bits per heavy atom. The highest BCUT2D eigenvalue weighted by atomic mass is 16.1. The van der Waals surface area contributed by atoms with E-state index in [0.29, 0.717) is 13.1 Å². The molecule has 1 aliphatic rings. The van der Waals surface area contributed by atoms with Gasteiger partial charge in [-0.05, 0) is 37.5 Å². The fourth-order valence-electron chi connectivity index (χ4n) is 2.89. The van der Waals surface area contributed by atoms with Crippen LogP contribution in [0.5, 0.6) is 0 Å². The van der Waals surface area contributed by atoms with E-state index < -0.39 is 0 Å². The van der Waals surface area contributed by atoms with Crippen LogP contribution in [0, 0.1) is 12.8 Å². The van der Waals surface area contributed by atoms with Crippen molar-refractivity contribution in [3.8, 4) is 0 Å². The van der Waals surface area contributed by atoms with Gasteiger partial charge in [0, 0.05) is 19.6 Å². The quantitative estimate of drug-likeness (QED) is 0.941. The summed E-state index contributed by atoms with van der Waals surface area (Å²) >= 11 is 0. The first kappa shape index (κ1) is 15.5. The summed E-state index contributed by atoms with van der Waals surface area (Å²) in [5, 5.41) is 11.4. The summed E-state index contributed by atoms with van der Waals surface area (Å²) in [4.78, 5) is 14.6. The van der Waals surface area contributed by atoms with Gasteiger partial charge >= 0.3 is 0 Å². The van der Waals surface area contributed by atoms with E-state index in [2.05, 4.69) is 20.4 Å². The molecule has 5 heteroatoms. The molecule has 2 heterocycles.